The van der Waals surface area contributed by atoms with Gasteiger partial charge < -0.3 is 9.52 Å². The summed E-state index contributed by atoms with van der Waals surface area (Å²) in [6.45, 7) is 3.33. The second kappa shape index (κ2) is 3.85. The van der Waals surface area contributed by atoms with E-state index in [1.54, 1.807) is 13.8 Å². The number of carbonyl (C=O) groups is 1. The third-order valence-electron chi connectivity index (χ3n) is 2.68. The Balaban J connectivity index is 2.56. The van der Waals surface area contributed by atoms with Crippen LogP contribution < -0.4 is 0 Å². The number of allylic oxidation sites excluding steroid dienone is 1. The first kappa shape index (κ1) is 10.5. The molecule has 82 valence electrons. The Morgan fingerprint density at radius 2 is 1.94 bits per heavy atom. The molecular formula is C13H12O3. The lowest BCUT2D eigenvalue weighted by Gasteiger charge is -1.99. The standard InChI is InChI=1S/C13H12O3/c1-8(9(2)13(14)15)12-7-10-5-3-4-6-11(10)16-12/h3-7H,1-2H3,(H,14,15). The summed E-state index contributed by atoms with van der Waals surface area (Å²) in [5.74, 6) is -0.306. The molecule has 16 heavy (non-hydrogen) atoms. The van der Waals surface area contributed by atoms with Crippen LogP contribution in [0.1, 0.15) is 19.6 Å². The molecule has 0 saturated heterocycles. The summed E-state index contributed by atoms with van der Waals surface area (Å²) in [4.78, 5) is 10.8. The van der Waals surface area contributed by atoms with Crippen LogP contribution >= 0.6 is 0 Å². The lowest BCUT2D eigenvalue weighted by atomic mass is 10.1. The van der Waals surface area contributed by atoms with E-state index in [1.807, 2.05) is 30.3 Å². The average molecular weight is 216 g/mol. The molecule has 3 heteroatoms. The van der Waals surface area contributed by atoms with E-state index >= 15 is 0 Å². The predicted molar refractivity (Wildman–Crippen MR) is 62.1 cm³/mol. The van der Waals surface area contributed by atoms with Gasteiger partial charge in [0, 0.05) is 16.5 Å². The fourth-order valence-corrected chi connectivity index (χ4v) is 1.51. The Labute approximate surface area is 93.0 Å². The summed E-state index contributed by atoms with van der Waals surface area (Å²) >= 11 is 0. The maximum atomic E-state index is 10.8. The third-order valence-corrected chi connectivity index (χ3v) is 2.68. The van der Waals surface area contributed by atoms with Gasteiger partial charge in [0.15, 0.2) is 0 Å². The molecule has 0 amide bonds. The van der Waals surface area contributed by atoms with Crippen LogP contribution in [0.4, 0.5) is 0 Å². The van der Waals surface area contributed by atoms with E-state index < -0.39 is 5.97 Å². The molecule has 0 atom stereocenters. The SMILES string of the molecule is CC(C(=O)O)=C(C)c1cc2ccccc2o1. The molecule has 1 aromatic heterocycles. The summed E-state index contributed by atoms with van der Waals surface area (Å²) in [7, 11) is 0. The minimum atomic E-state index is -0.919. The highest BCUT2D eigenvalue weighted by Crippen LogP contribution is 2.26. The number of para-hydroxylation sites is 1. The summed E-state index contributed by atoms with van der Waals surface area (Å²) < 4.78 is 5.58. The van der Waals surface area contributed by atoms with Crippen LogP contribution in [0.5, 0.6) is 0 Å². The summed E-state index contributed by atoms with van der Waals surface area (Å²) in [5.41, 5.74) is 1.73. The summed E-state index contributed by atoms with van der Waals surface area (Å²) in [6.07, 6.45) is 0. The van der Waals surface area contributed by atoms with Crippen molar-refractivity contribution in [1.82, 2.24) is 0 Å². The van der Waals surface area contributed by atoms with Gasteiger partial charge in [0.2, 0.25) is 0 Å². The van der Waals surface area contributed by atoms with Gasteiger partial charge in [0.1, 0.15) is 11.3 Å². The van der Waals surface area contributed by atoms with Crippen molar-refractivity contribution in [2.75, 3.05) is 0 Å². The fourth-order valence-electron chi connectivity index (χ4n) is 1.51. The van der Waals surface area contributed by atoms with Gasteiger partial charge in [0.05, 0.1) is 0 Å². The highest BCUT2D eigenvalue weighted by atomic mass is 16.4. The molecule has 1 heterocycles. The molecule has 2 aromatic rings. The lowest BCUT2D eigenvalue weighted by Crippen LogP contribution is -1.98. The van der Waals surface area contributed by atoms with Gasteiger partial charge in [-0.3, -0.25) is 0 Å². The van der Waals surface area contributed by atoms with Crippen molar-refractivity contribution in [3.05, 3.63) is 41.7 Å². The molecule has 0 aliphatic heterocycles. The highest BCUT2D eigenvalue weighted by Gasteiger charge is 2.11. The van der Waals surface area contributed by atoms with Crippen LogP contribution in [-0.4, -0.2) is 11.1 Å². The van der Waals surface area contributed by atoms with Crippen LogP contribution in [0, 0.1) is 0 Å². The number of benzene rings is 1. The van der Waals surface area contributed by atoms with E-state index in [0.717, 1.165) is 11.0 Å². The Bertz CT molecular complexity index is 543. The normalized spacial score (nSPS) is 12.6. The van der Waals surface area contributed by atoms with Crippen molar-refractivity contribution in [2.45, 2.75) is 13.8 Å². The van der Waals surface area contributed by atoms with E-state index in [9.17, 15) is 4.79 Å². The van der Waals surface area contributed by atoms with Crippen LogP contribution in [0.3, 0.4) is 0 Å². The largest absolute Gasteiger partial charge is 0.478 e. The molecule has 0 bridgehead atoms. The maximum absolute atomic E-state index is 10.8. The number of rotatable bonds is 2. The van der Waals surface area contributed by atoms with Crippen molar-refractivity contribution in [2.24, 2.45) is 0 Å². The number of fused-ring (bicyclic) bond motifs is 1. The van der Waals surface area contributed by atoms with Crippen molar-refractivity contribution in [1.29, 1.82) is 0 Å². The van der Waals surface area contributed by atoms with Gasteiger partial charge in [-0.05, 0) is 26.0 Å². The Kier molecular flexibility index (Phi) is 2.52. The molecule has 0 unspecified atom stereocenters. The van der Waals surface area contributed by atoms with Gasteiger partial charge in [-0.15, -0.1) is 0 Å². The maximum Gasteiger partial charge on any atom is 0.331 e. The lowest BCUT2D eigenvalue weighted by molar-refractivity contribution is -0.132. The van der Waals surface area contributed by atoms with Crippen LogP contribution in [0.2, 0.25) is 0 Å². The van der Waals surface area contributed by atoms with E-state index in [0.29, 0.717) is 16.9 Å². The molecule has 0 saturated carbocycles. The Morgan fingerprint density at radius 1 is 1.25 bits per heavy atom. The molecular weight excluding hydrogens is 204 g/mol. The Morgan fingerprint density at radius 3 is 2.56 bits per heavy atom. The highest BCUT2D eigenvalue weighted by molar-refractivity contribution is 5.95. The number of furan rings is 1. The zero-order chi connectivity index (χ0) is 11.7. The van der Waals surface area contributed by atoms with Crippen molar-refractivity contribution in [3.8, 4) is 0 Å². The van der Waals surface area contributed by atoms with E-state index in [-0.39, 0.29) is 0 Å². The zero-order valence-corrected chi connectivity index (χ0v) is 9.15. The first-order chi connectivity index (χ1) is 7.59. The monoisotopic (exact) mass is 216 g/mol. The smallest absolute Gasteiger partial charge is 0.331 e. The topological polar surface area (TPSA) is 50.4 Å². The van der Waals surface area contributed by atoms with Gasteiger partial charge in [-0.2, -0.15) is 0 Å². The number of hydrogen-bond acceptors (Lipinski definition) is 2. The van der Waals surface area contributed by atoms with E-state index in [1.165, 1.54) is 0 Å². The van der Waals surface area contributed by atoms with Gasteiger partial charge in [-0.25, -0.2) is 4.79 Å². The van der Waals surface area contributed by atoms with E-state index in [2.05, 4.69) is 0 Å². The number of carboxylic acids is 1. The number of carboxylic acid groups (broad SMARTS) is 1. The average Bonchev–Trinajstić information content (AvgIpc) is 2.70. The van der Waals surface area contributed by atoms with Gasteiger partial charge >= 0.3 is 5.97 Å². The van der Waals surface area contributed by atoms with Crippen LogP contribution in [0.15, 0.2) is 40.3 Å². The van der Waals surface area contributed by atoms with Crippen molar-refractivity contribution in [3.63, 3.8) is 0 Å². The first-order valence-electron chi connectivity index (χ1n) is 4.99. The van der Waals surface area contributed by atoms with Crippen molar-refractivity contribution >= 4 is 22.5 Å². The first-order valence-corrected chi connectivity index (χ1v) is 4.99. The van der Waals surface area contributed by atoms with E-state index in [4.69, 9.17) is 9.52 Å². The molecule has 0 spiro atoms. The quantitative estimate of drug-likeness (QED) is 0.783. The van der Waals surface area contributed by atoms with Gasteiger partial charge in [-0.1, -0.05) is 18.2 Å². The summed E-state index contributed by atoms with van der Waals surface area (Å²) in [5, 5.41) is 9.87. The Hall–Kier alpha value is -2.03. The van der Waals surface area contributed by atoms with Crippen LogP contribution in [-0.2, 0) is 4.79 Å². The molecule has 1 N–H and O–H groups in total. The van der Waals surface area contributed by atoms with Gasteiger partial charge in [0.25, 0.3) is 0 Å². The minimum absolute atomic E-state index is 0.305. The number of aliphatic carboxylic acids is 1. The fraction of sp³-hybridized carbons (Fsp3) is 0.154. The number of hydrogen-bond donors (Lipinski definition) is 1. The predicted octanol–water partition coefficient (Wildman–Crippen LogP) is 3.31. The van der Waals surface area contributed by atoms with Crippen LogP contribution in [0.25, 0.3) is 16.5 Å². The molecule has 0 aliphatic rings. The second-order valence-corrected chi connectivity index (χ2v) is 3.70. The molecule has 1 aromatic carbocycles. The molecule has 0 aliphatic carbocycles. The van der Waals surface area contributed by atoms with Crippen molar-refractivity contribution < 1.29 is 14.3 Å². The summed E-state index contributed by atoms with van der Waals surface area (Å²) in [6, 6.07) is 9.47. The zero-order valence-electron chi connectivity index (χ0n) is 9.15. The molecule has 3 nitrogen and oxygen atoms in total. The molecule has 0 fully saturated rings. The second-order valence-electron chi connectivity index (χ2n) is 3.70. The molecule has 0 radical (unpaired) electrons. The third kappa shape index (κ3) is 1.72. The molecule has 2 rings (SSSR count). The minimum Gasteiger partial charge on any atom is -0.478 e.